The molecule has 2 aromatic rings. The topological polar surface area (TPSA) is 67.2 Å². The quantitative estimate of drug-likeness (QED) is 0.938. The summed E-state index contributed by atoms with van der Waals surface area (Å²) in [6, 6.07) is 9.86. The van der Waals surface area contributed by atoms with Crippen LogP contribution in [0.2, 0.25) is 0 Å². The predicted molar refractivity (Wildman–Crippen MR) is 92.4 cm³/mol. The third-order valence-electron chi connectivity index (χ3n) is 4.32. The highest BCUT2D eigenvalue weighted by Gasteiger charge is 2.21. The van der Waals surface area contributed by atoms with Crippen LogP contribution in [0.1, 0.15) is 24.8 Å². The lowest BCUT2D eigenvalue weighted by Crippen LogP contribution is -2.40. The molecule has 3 rings (SSSR count). The number of amides is 2. The molecule has 0 radical (unpaired) electrons. The van der Waals surface area contributed by atoms with Crippen molar-refractivity contribution < 1.29 is 9.59 Å². The van der Waals surface area contributed by atoms with Crippen molar-refractivity contribution in [2.45, 2.75) is 26.2 Å². The minimum absolute atomic E-state index is 0.0574. The van der Waals surface area contributed by atoms with Crippen molar-refractivity contribution in [3.63, 3.8) is 0 Å². The monoisotopic (exact) mass is 326 g/mol. The molecule has 126 valence electrons. The minimum atomic E-state index is -0.190. The van der Waals surface area contributed by atoms with E-state index < -0.39 is 0 Å². The molecule has 1 saturated heterocycles. The number of benzene rings is 1. The van der Waals surface area contributed by atoms with Crippen LogP contribution in [-0.4, -0.2) is 39.6 Å². The Morgan fingerprint density at radius 3 is 2.83 bits per heavy atom. The summed E-state index contributed by atoms with van der Waals surface area (Å²) in [6.45, 7) is 2.79. The molecule has 2 heterocycles. The number of hydrogen-bond acceptors (Lipinski definition) is 3. The van der Waals surface area contributed by atoms with Crippen molar-refractivity contribution in [3.8, 4) is 11.3 Å². The number of carbonyl (C=O) groups excluding carboxylic acids is 2. The van der Waals surface area contributed by atoms with Gasteiger partial charge in [0.25, 0.3) is 0 Å². The van der Waals surface area contributed by atoms with E-state index in [9.17, 15) is 9.59 Å². The Bertz CT molecular complexity index is 766. The summed E-state index contributed by atoms with van der Waals surface area (Å²) in [7, 11) is 1.80. The van der Waals surface area contributed by atoms with Crippen LogP contribution in [0.25, 0.3) is 11.3 Å². The lowest BCUT2D eigenvalue weighted by atomic mass is 10.1. The maximum Gasteiger partial charge on any atom is 0.245 e. The fourth-order valence-corrected chi connectivity index (χ4v) is 2.96. The highest BCUT2D eigenvalue weighted by molar-refractivity contribution is 5.94. The van der Waals surface area contributed by atoms with E-state index in [2.05, 4.69) is 10.4 Å². The second-order valence-electron chi connectivity index (χ2n) is 6.17. The van der Waals surface area contributed by atoms with Gasteiger partial charge in [-0.05, 0) is 25.3 Å². The Balaban J connectivity index is 1.70. The second-order valence-corrected chi connectivity index (χ2v) is 6.17. The predicted octanol–water partition coefficient (Wildman–Crippen LogP) is 2.35. The summed E-state index contributed by atoms with van der Waals surface area (Å²) < 4.78 is 1.65. The number of rotatable bonds is 4. The largest absolute Gasteiger partial charge is 0.333 e. The first-order chi connectivity index (χ1) is 11.5. The lowest BCUT2D eigenvalue weighted by Gasteiger charge is -2.25. The molecule has 0 saturated carbocycles. The van der Waals surface area contributed by atoms with Gasteiger partial charge in [-0.15, -0.1) is 0 Å². The SMILES string of the molecule is Cc1ccccc1-c1cc(NC(=O)CN2CCCCC2=O)n(C)n1. The lowest BCUT2D eigenvalue weighted by molar-refractivity contribution is -0.136. The Hall–Kier alpha value is -2.63. The third-order valence-corrected chi connectivity index (χ3v) is 4.32. The van der Waals surface area contributed by atoms with Gasteiger partial charge in [0.15, 0.2) is 0 Å². The first-order valence-corrected chi connectivity index (χ1v) is 8.22. The zero-order chi connectivity index (χ0) is 17.1. The van der Waals surface area contributed by atoms with Crippen LogP contribution in [0.4, 0.5) is 5.82 Å². The molecule has 0 aliphatic carbocycles. The summed E-state index contributed by atoms with van der Waals surface area (Å²) in [6.07, 6.45) is 2.41. The molecule has 24 heavy (non-hydrogen) atoms. The van der Waals surface area contributed by atoms with Gasteiger partial charge in [0.2, 0.25) is 11.8 Å². The van der Waals surface area contributed by atoms with Crippen molar-refractivity contribution in [1.29, 1.82) is 0 Å². The van der Waals surface area contributed by atoms with E-state index in [1.807, 2.05) is 37.3 Å². The number of anilines is 1. The molecule has 6 heteroatoms. The van der Waals surface area contributed by atoms with Crippen molar-refractivity contribution >= 4 is 17.6 Å². The normalized spacial score (nSPS) is 14.8. The fourth-order valence-electron chi connectivity index (χ4n) is 2.96. The van der Waals surface area contributed by atoms with E-state index in [1.54, 1.807) is 16.6 Å². The minimum Gasteiger partial charge on any atom is -0.333 e. The molecular formula is C18H22N4O2. The van der Waals surface area contributed by atoms with E-state index in [-0.39, 0.29) is 18.4 Å². The number of likely N-dealkylation sites (tertiary alicyclic amines) is 1. The number of carbonyl (C=O) groups is 2. The van der Waals surface area contributed by atoms with Crippen molar-refractivity contribution in [1.82, 2.24) is 14.7 Å². The zero-order valence-corrected chi connectivity index (χ0v) is 14.1. The number of nitrogens with one attached hydrogen (secondary N) is 1. The first-order valence-electron chi connectivity index (χ1n) is 8.22. The molecule has 0 bridgehead atoms. The smallest absolute Gasteiger partial charge is 0.245 e. The van der Waals surface area contributed by atoms with E-state index in [0.717, 1.165) is 29.7 Å². The van der Waals surface area contributed by atoms with Crippen molar-refractivity contribution in [2.24, 2.45) is 7.05 Å². The van der Waals surface area contributed by atoms with E-state index in [0.29, 0.717) is 18.8 Å². The maximum atomic E-state index is 12.2. The molecule has 0 spiro atoms. The highest BCUT2D eigenvalue weighted by atomic mass is 16.2. The number of piperidine rings is 1. The van der Waals surface area contributed by atoms with Crippen LogP contribution in [0.15, 0.2) is 30.3 Å². The van der Waals surface area contributed by atoms with E-state index >= 15 is 0 Å². The molecule has 2 amide bonds. The number of hydrogen-bond donors (Lipinski definition) is 1. The molecule has 1 fully saturated rings. The second kappa shape index (κ2) is 6.86. The van der Waals surface area contributed by atoms with Gasteiger partial charge in [0.1, 0.15) is 5.82 Å². The van der Waals surface area contributed by atoms with Crippen LogP contribution >= 0.6 is 0 Å². The van der Waals surface area contributed by atoms with Gasteiger partial charge in [-0.3, -0.25) is 14.3 Å². The van der Waals surface area contributed by atoms with E-state index in [1.165, 1.54) is 0 Å². The molecule has 1 aromatic carbocycles. The van der Waals surface area contributed by atoms with Crippen molar-refractivity contribution in [2.75, 3.05) is 18.4 Å². The van der Waals surface area contributed by atoms with E-state index in [4.69, 9.17) is 0 Å². The summed E-state index contributed by atoms with van der Waals surface area (Å²) in [5.41, 5.74) is 2.99. The molecule has 1 aliphatic heterocycles. The third kappa shape index (κ3) is 3.48. The molecular weight excluding hydrogens is 304 g/mol. The molecule has 1 aliphatic rings. The van der Waals surface area contributed by atoms with Crippen LogP contribution in [0.5, 0.6) is 0 Å². The maximum absolute atomic E-state index is 12.2. The van der Waals surface area contributed by atoms with Crippen LogP contribution in [0.3, 0.4) is 0 Å². The Morgan fingerprint density at radius 2 is 2.08 bits per heavy atom. The average Bonchev–Trinajstić information content (AvgIpc) is 2.90. The Labute approximate surface area is 141 Å². The van der Waals surface area contributed by atoms with Crippen LogP contribution in [0, 0.1) is 6.92 Å². The van der Waals surface area contributed by atoms with Gasteiger partial charge in [0.05, 0.1) is 12.2 Å². The average molecular weight is 326 g/mol. The molecule has 1 N–H and O–H groups in total. The zero-order valence-electron chi connectivity index (χ0n) is 14.1. The number of aromatic nitrogens is 2. The molecule has 1 aromatic heterocycles. The summed E-state index contributed by atoms with van der Waals surface area (Å²) in [5.74, 6) is 0.495. The van der Waals surface area contributed by atoms with Gasteiger partial charge in [-0.25, -0.2) is 0 Å². The summed E-state index contributed by atoms with van der Waals surface area (Å²) in [5, 5.41) is 7.33. The standard InChI is InChI=1S/C18H22N4O2/c1-13-7-3-4-8-14(13)15-11-16(21(2)20-15)19-17(23)12-22-10-6-5-9-18(22)24/h3-4,7-8,11H,5-6,9-10,12H2,1-2H3,(H,19,23). The Morgan fingerprint density at radius 1 is 1.29 bits per heavy atom. The van der Waals surface area contributed by atoms with Gasteiger partial charge in [-0.1, -0.05) is 24.3 Å². The van der Waals surface area contributed by atoms with Gasteiger partial charge in [0, 0.05) is 31.6 Å². The molecule has 0 unspecified atom stereocenters. The molecule has 0 atom stereocenters. The molecule has 6 nitrogen and oxygen atoms in total. The van der Waals surface area contributed by atoms with Crippen LogP contribution in [-0.2, 0) is 16.6 Å². The summed E-state index contributed by atoms with van der Waals surface area (Å²) in [4.78, 5) is 25.7. The number of nitrogens with zero attached hydrogens (tertiary/aromatic N) is 3. The van der Waals surface area contributed by atoms with Gasteiger partial charge >= 0.3 is 0 Å². The van der Waals surface area contributed by atoms with Crippen molar-refractivity contribution in [3.05, 3.63) is 35.9 Å². The van der Waals surface area contributed by atoms with Crippen LogP contribution < -0.4 is 5.32 Å². The first kappa shape index (κ1) is 16.2. The number of aryl methyl sites for hydroxylation is 2. The van der Waals surface area contributed by atoms with Gasteiger partial charge < -0.3 is 10.2 Å². The Kier molecular flexibility index (Phi) is 4.64. The highest BCUT2D eigenvalue weighted by Crippen LogP contribution is 2.24. The fraction of sp³-hybridized carbons (Fsp3) is 0.389. The van der Waals surface area contributed by atoms with Gasteiger partial charge in [-0.2, -0.15) is 5.10 Å². The summed E-state index contributed by atoms with van der Waals surface area (Å²) >= 11 is 0.